The number of carbonyl (C=O) groups is 2. The van der Waals surface area contributed by atoms with Crippen LogP contribution in [-0.4, -0.2) is 75.2 Å². The van der Waals surface area contributed by atoms with Gasteiger partial charge in [0.15, 0.2) is 0 Å². The molecule has 0 saturated carbocycles. The third-order valence-electron chi connectivity index (χ3n) is 5.86. The number of carbonyl (C=O) groups excluding carboxylic acids is 1. The first-order valence-corrected chi connectivity index (χ1v) is 13.9. The van der Waals surface area contributed by atoms with E-state index < -0.39 is 44.3 Å². The van der Waals surface area contributed by atoms with Crippen molar-refractivity contribution in [2.45, 2.75) is 43.7 Å². The summed E-state index contributed by atoms with van der Waals surface area (Å²) in [6.45, 7) is 3.27. The van der Waals surface area contributed by atoms with Gasteiger partial charge in [-0.15, -0.1) is 0 Å². The summed E-state index contributed by atoms with van der Waals surface area (Å²) in [4.78, 5) is 26.6. The first-order valence-electron chi connectivity index (χ1n) is 11.1. The second kappa shape index (κ2) is 10.5. The molecule has 1 N–H and O–H groups in total. The molecule has 0 aliphatic carbocycles. The first-order chi connectivity index (χ1) is 16.8. The molecule has 2 aromatic rings. The zero-order valence-corrected chi connectivity index (χ0v) is 22.0. The topological polar surface area (TPSA) is 142 Å². The van der Waals surface area contributed by atoms with Crippen molar-refractivity contribution in [3.8, 4) is 5.75 Å². The fraction of sp³-hybridized carbons (Fsp3) is 0.391. The van der Waals surface area contributed by atoms with Gasteiger partial charge in [0.1, 0.15) is 17.8 Å². The highest BCUT2D eigenvalue weighted by molar-refractivity contribution is 7.89. The van der Waals surface area contributed by atoms with Crippen LogP contribution in [0.2, 0.25) is 0 Å². The molecular formula is C23H29N3O8S2. The van der Waals surface area contributed by atoms with Crippen LogP contribution < -0.4 is 9.08 Å². The Morgan fingerprint density at radius 3 is 2.14 bits per heavy atom. The number of benzene rings is 2. The van der Waals surface area contributed by atoms with Gasteiger partial charge in [-0.2, -0.15) is 17.0 Å². The first kappa shape index (κ1) is 27.6. The minimum Gasteiger partial charge on any atom is -0.480 e. The number of aryl methyl sites for hydroxylation is 1. The van der Waals surface area contributed by atoms with Crippen LogP contribution in [0.25, 0.3) is 0 Å². The maximum atomic E-state index is 13.7. The molecule has 0 spiro atoms. The fourth-order valence-electron chi connectivity index (χ4n) is 3.79. The quantitative estimate of drug-likeness (QED) is 0.509. The predicted molar refractivity (Wildman–Crippen MR) is 132 cm³/mol. The van der Waals surface area contributed by atoms with Crippen LogP contribution >= 0.6 is 0 Å². The number of hydrogen-bond donors (Lipinski definition) is 1. The average Bonchev–Trinajstić information content (AvgIpc) is 3.31. The lowest BCUT2D eigenvalue weighted by Gasteiger charge is -2.32. The van der Waals surface area contributed by atoms with E-state index in [1.807, 2.05) is 6.92 Å². The summed E-state index contributed by atoms with van der Waals surface area (Å²) < 4.78 is 57.5. The van der Waals surface area contributed by atoms with Crippen molar-refractivity contribution in [3.63, 3.8) is 0 Å². The lowest BCUT2D eigenvalue weighted by atomic mass is 10.1. The second-order valence-corrected chi connectivity index (χ2v) is 12.3. The molecule has 1 saturated heterocycles. The van der Waals surface area contributed by atoms with Crippen LogP contribution in [0, 0.1) is 6.92 Å². The van der Waals surface area contributed by atoms with Crippen LogP contribution in [0.5, 0.6) is 5.75 Å². The predicted octanol–water partition coefficient (Wildman–Crippen LogP) is 1.84. The molecule has 0 radical (unpaired) electrons. The maximum absolute atomic E-state index is 13.7. The lowest BCUT2D eigenvalue weighted by Crippen LogP contribution is -2.52. The van der Waals surface area contributed by atoms with E-state index >= 15 is 0 Å². The van der Waals surface area contributed by atoms with Gasteiger partial charge in [0.2, 0.25) is 15.9 Å². The van der Waals surface area contributed by atoms with Crippen molar-refractivity contribution in [3.05, 3.63) is 54.1 Å². The van der Waals surface area contributed by atoms with Crippen LogP contribution in [-0.2, 0) is 29.9 Å². The highest BCUT2D eigenvalue weighted by atomic mass is 32.2. The summed E-state index contributed by atoms with van der Waals surface area (Å²) in [5.74, 6) is -2.01. The van der Waals surface area contributed by atoms with Gasteiger partial charge >= 0.3 is 16.3 Å². The molecule has 2 atom stereocenters. The Labute approximate surface area is 211 Å². The SMILES string of the molecule is Cc1ccc(S(=O)(=O)N2CCC[C@H]2C(=O)N(c2ccc(OS(=O)(=O)N(C)C)cc2)[C@@H](C)C(=O)O)cc1. The Morgan fingerprint density at radius 2 is 1.61 bits per heavy atom. The van der Waals surface area contributed by atoms with Crippen LogP contribution in [0.15, 0.2) is 53.4 Å². The van der Waals surface area contributed by atoms with Gasteiger partial charge in [0.05, 0.1) is 4.90 Å². The molecule has 1 aliphatic heterocycles. The molecule has 1 fully saturated rings. The molecule has 1 amide bonds. The molecule has 0 unspecified atom stereocenters. The number of anilines is 1. The Hall–Kier alpha value is -3.00. The van der Waals surface area contributed by atoms with Crippen molar-refractivity contribution >= 4 is 37.9 Å². The molecule has 3 rings (SSSR count). The normalized spacial score (nSPS) is 17.6. The van der Waals surface area contributed by atoms with Crippen LogP contribution in [0.4, 0.5) is 5.69 Å². The highest BCUT2D eigenvalue weighted by Crippen LogP contribution is 2.31. The number of aliphatic carboxylic acids is 1. The number of rotatable bonds is 9. The number of amides is 1. The van der Waals surface area contributed by atoms with Crippen molar-refractivity contribution in [2.75, 3.05) is 25.5 Å². The smallest absolute Gasteiger partial charge is 0.384 e. The minimum atomic E-state index is -4.01. The number of hydrogen-bond acceptors (Lipinski definition) is 7. The summed E-state index contributed by atoms with van der Waals surface area (Å²) in [6, 6.07) is 9.16. The van der Waals surface area contributed by atoms with Gasteiger partial charge in [-0.3, -0.25) is 9.69 Å². The van der Waals surface area contributed by atoms with Gasteiger partial charge in [0.25, 0.3) is 0 Å². The van der Waals surface area contributed by atoms with E-state index in [2.05, 4.69) is 0 Å². The zero-order valence-electron chi connectivity index (χ0n) is 20.4. The van der Waals surface area contributed by atoms with Gasteiger partial charge < -0.3 is 9.29 Å². The number of nitrogens with zero attached hydrogens (tertiary/aromatic N) is 3. The number of sulfonamides is 1. The molecule has 196 valence electrons. The maximum Gasteiger partial charge on any atom is 0.384 e. The van der Waals surface area contributed by atoms with Gasteiger partial charge in [-0.1, -0.05) is 17.7 Å². The van der Waals surface area contributed by atoms with E-state index in [4.69, 9.17) is 4.18 Å². The van der Waals surface area contributed by atoms with Gasteiger partial charge in [-0.05, 0) is 63.1 Å². The fourth-order valence-corrected chi connectivity index (χ4v) is 5.95. The van der Waals surface area contributed by atoms with Crippen molar-refractivity contribution in [2.24, 2.45) is 0 Å². The second-order valence-electron chi connectivity index (χ2n) is 8.63. The van der Waals surface area contributed by atoms with E-state index in [0.717, 1.165) is 19.1 Å². The van der Waals surface area contributed by atoms with Crippen molar-refractivity contribution < 1.29 is 35.7 Å². The molecule has 36 heavy (non-hydrogen) atoms. The van der Waals surface area contributed by atoms with Gasteiger partial charge in [0, 0.05) is 26.3 Å². The van der Waals surface area contributed by atoms with Gasteiger partial charge in [-0.25, -0.2) is 13.2 Å². The summed E-state index contributed by atoms with van der Waals surface area (Å²) in [6.07, 6.45) is 0.668. The van der Waals surface area contributed by atoms with Crippen LogP contribution in [0.1, 0.15) is 25.3 Å². The van der Waals surface area contributed by atoms with E-state index in [1.54, 1.807) is 12.1 Å². The average molecular weight is 540 g/mol. The summed E-state index contributed by atoms with van der Waals surface area (Å²) in [5.41, 5.74) is 1.04. The Kier molecular flexibility index (Phi) is 8.08. The van der Waals surface area contributed by atoms with E-state index in [9.17, 15) is 31.5 Å². The summed E-state index contributed by atoms with van der Waals surface area (Å²) >= 11 is 0. The molecule has 13 heteroatoms. The number of carboxylic acid groups (broad SMARTS) is 1. The highest BCUT2D eigenvalue weighted by Gasteiger charge is 2.43. The number of carboxylic acids is 1. The summed E-state index contributed by atoms with van der Waals surface area (Å²) in [5, 5.41) is 9.67. The standard InChI is InChI=1S/C23H29N3O8S2/c1-16-7-13-20(14-8-16)35(30,31)25-15-5-6-21(25)22(27)26(17(2)23(28)29)18-9-11-19(12-10-18)34-36(32,33)24(3)4/h7-14,17,21H,5-6,15H2,1-4H3,(H,28,29)/t17-,21-/m0/s1. The lowest BCUT2D eigenvalue weighted by molar-refractivity contribution is -0.140. The summed E-state index contributed by atoms with van der Waals surface area (Å²) in [7, 11) is -5.41. The van der Waals surface area contributed by atoms with E-state index in [-0.39, 0.29) is 29.3 Å². The van der Waals surface area contributed by atoms with E-state index in [1.165, 1.54) is 57.4 Å². The zero-order chi connectivity index (χ0) is 26.8. The molecule has 0 aromatic heterocycles. The van der Waals surface area contributed by atoms with Crippen molar-refractivity contribution in [1.29, 1.82) is 0 Å². The van der Waals surface area contributed by atoms with Crippen molar-refractivity contribution in [1.82, 2.24) is 8.61 Å². The Morgan fingerprint density at radius 1 is 1.03 bits per heavy atom. The van der Waals surface area contributed by atoms with E-state index in [0.29, 0.717) is 6.42 Å². The minimum absolute atomic E-state index is 0.0349. The molecule has 1 heterocycles. The molecule has 2 aromatic carbocycles. The molecule has 0 bridgehead atoms. The molecular weight excluding hydrogens is 510 g/mol. The largest absolute Gasteiger partial charge is 0.480 e. The Bertz CT molecular complexity index is 1320. The Balaban J connectivity index is 1.94. The molecule has 11 nitrogen and oxygen atoms in total. The monoisotopic (exact) mass is 539 g/mol. The van der Waals surface area contributed by atoms with Crippen LogP contribution in [0.3, 0.4) is 0 Å². The third kappa shape index (κ3) is 5.69. The third-order valence-corrected chi connectivity index (χ3v) is 9.08. The molecule has 1 aliphatic rings.